The molecule has 0 bridgehead atoms. The van der Waals surface area contributed by atoms with Crippen LogP contribution in [0.2, 0.25) is 0 Å². The molecule has 0 aliphatic heterocycles. The van der Waals surface area contributed by atoms with Crippen molar-refractivity contribution in [1.29, 1.82) is 0 Å². The summed E-state index contributed by atoms with van der Waals surface area (Å²) >= 11 is 0. The molecule has 0 aliphatic carbocycles. The van der Waals surface area contributed by atoms with Crippen LogP contribution in [0.15, 0.2) is 25.8 Å². The van der Waals surface area contributed by atoms with Crippen LogP contribution >= 0.6 is 0 Å². The minimum atomic E-state index is 0. The molecule has 0 fully saturated rings. The van der Waals surface area contributed by atoms with Crippen LogP contribution in [-0.2, 0) is 0 Å². The highest BCUT2D eigenvalue weighted by Gasteiger charge is 1.15. The summed E-state index contributed by atoms with van der Waals surface area (Å²) in [6.45, 7) is 11.2. The van der Waals surface area contributed by atoms with Crippen molar-refractivity contribution < 1.29 is 0 Å². The van der Waals surface area contributed by atoms with Crippen LogP contribution < -0.4 is 0 Å². The van der Waals surface area contributed by atoms with Gasteiger partial charge in [0, 0.05) is 0 Å². The van der Waals surface area contributed by atoms with E-state index >= 15 is 0 Å². The summed E-state index contributed by atoms with van der Waals surface area (Å²) in [6.07, 6.45) is 1.75. The Morgan fingerprint density at radius 1 is 1.00 bits per heavy atom. The molecule has 0 aliphatic rings. The Balaban J connectivity index is -0.00000000567. The molecule has 0 aromatic carbocycles. The maximum Gasteiger partial charge on any atom is -0.0473 e. The summed E-state index contributed by atoms with van der Waals surface area (Å²) in [6, 6.07) is 0. The van der Waals surface area contributed by atoms with Crippen molar-refractivity contribution in [2.45, 2.75) is 29.2 Å². The van der Waals surface area contributed by atoms with Gasteiger partial charge in [0.25, 0.3) is 0 Å². The van der Waals surface area contributed by atoms with E-state index in [1.54, 1.807) is 6.08 Å². The Hall–Kier alpha value is -0.520. The van der Waals surface area contributed by atoms with Crippen LogP contribution in [0, 0.1) is 0 Å². The monoisotopic (exact) mass is 118 g/mol. The number of allylic oxidation sites excluding steroid dienone is 1. The third-order valence-corrected chi connectivity index (χ3v) is 0. The smallest absolute Gasteiger partial charge is 0.0473 e. The fourth-order valence-corrected chi connectivity index (χ4v) is 0. The largest absolute Gasteiger partial charge is 0.106 e. The molecular formula is C8H22. The second kappa shape index (κ2) is 845. The number of hydrogen-bond donors (Lipinski definition) is 0. The summed E-state index contributed by atoms with van der Waals surface area (Å²) < 4.78 is 0. The van der Waals surface area contributed by atoms with E-state index in [0.29, 0.717) is 0 Å². The van der Waals surface area contributed by atoms with Crippen molar-refractivity contribution in [2.24, 2.45) is 0 Å². The maximum atomic E-state index is 3.36. The SMILES string of the molecule is C.C.C.C=C.C=CC. The van der Waals surface area contributed by atoms with Gasteiger partial charge in [-0.2, -0.15) is 0 Å². The molecule has 0 saturated heterocycles. The van der Waals surface area contributed by atoms with E-state index in [0.717, 1.165) is 0 Å². The van der Waals surface area contributed by atoms with Crippen molar-refractivity contribution in [3.05, 3.63) is 25.8 Å². The molecule has 0 spiro atoms. The van der Waals surface area contributed by atoms with E-state index in [-0.39, 0.29) is 22.3 Å². The minimum absolute atomic E-state index is 0. The lowest BCUT2D eigenvalue weighted by Gasteiger charge is -1.31. The van der Waals surface area contributed by atoms with Gasteiger partial charge in [-0.05, 0) is 6.92 Å². The van der Waals surface area contributed by atoms with Gasteiger partial charge in [-0.25, -0.2) is 0 Å². The van der Waals surface area contributed by atoms with Crippen LogP contribution in [-0.4, -0.2) is 0 Å². The molecule has 0 radical (unpaired) electrons. The Bertz CT molecular complexity index is 14.0. The maximum absolute atomic E-state index is 3.36. The molecule has 0 rings (SSSR count). The molecule has 0 unspecified atom stereocenters. The van der Waals surface area contributed by atoms with Gasteiger partial charge in [0.15, 0.2) is 0 Å². The van der Waals surface area contributed by atoms with Gasteiger partial charge in [0.2, 0.25) is 0 Å². The van der Waals surface area contributed by atoms with E-state index in [2.05, 4.69) is 19.7 Å². The predicted molar refractivity (Wildman–Crippen MR) is 47.3 cm³/mol. The zero-order chi connectivity index (χ0) is 4.71. The average molecular weight is 118 g/mol. The summed E-state index contributed by atoms with van der Waals surface area (Å²) in [5.74, 6) is 0. The van der Waals surface area contributed by atoms with Gasteiger partial charge < -0.3 is 0 Å². The minimum Gasteiger partial charge on any atom is -0.106 e. The first-order valence-corrected chi connectivity index (χ1v) is 1.49. The van der Waals surface area contributed by atoms with Crippen LogP contribution in [0.5, 0.6) is 0 Å². The summed E-state index contributed by atoms with van der Waals surface area (Å²) in [4.78, 5) is 0. The van der Waals surface area contributed by atoms with Gasteiger partial charge in [-0.3, -0.25) is 0 Å². The highest BCUT2D eigenvalue weighted by molar-refractivity contribution is 4.51. The first-order chi connectivity index (χ1) is 2.41. The molecule has 0 heterocycles. The molecule has 0 N–H and O–H groups in total. The Labute approximate surface area is 55.9 Å². The highest BCUT2D eigenvalue weighted by atomic mass is 13.2. The van der Waals surface area contributed by atoms with Gasteiger partial charge in [-0.1, -0.05) is 28.4 Å². The Kier molecular flexibility index (Phi) is 5390. The molecule has 0 atom stereocenters. The lowest BCUT2D eigenvalue weighted by molar-refractivity contribution is 1.80. The van der Waals surface area contributed by atoms with Crippen molar-refractivity contribution in [3.8, 4) is 0 Å². The van der Waals surface area contributed by atoms with Crippen LogP contribution in [0.25, 0.3) is 0 Å². The second-order valence-electron chi connectivity index (χ2n) is 0.408. The third-order valence-electron chi connectivity index (χ3n) is 0. The molecule has 54 valence electrons. The van der Waals surface area contributed by atoms with Gasteiger partial charge in [0.1, 0.15) is 0 Å². The van der Waals surface area contributed by atoms with Crippen LogP contribution in [0.1, 0.15) is 29.2 Å². The molecule has 0 amide bonds. The quantitative estimate of drug-likeness (QED) is 0.423. The van der Waals surface area contributed by atoms with E-state index in [9.17, 15) is 0 Å². The van der Waals surface area contributed by atoms with Gasteiger partial charge in [-0.15, -0.1) is 19.7 Å². The number of rotatable bonds is 0. The number of hydrogen-bond acceptors (Lipinski definition) is 0. The predicted octanol–water partition coefficient (Wildman–Crippen LogP) is 3.90. The molecule has 0 aromatic heterocycles. The topological polar surface area (TPSA) is 0 Å². The summed E-state index contributed by atoms with van der Waals surface area (Å²) in [5.41, 5.74) is 0. The van der Waals surface area contributed by atoms with Gasteiger partial charge in [0.05, 0.1) is 0 Å². The molecule has 0 saturated carbocycles. The lowest BCUT2D eigenvalue weighted by atomic mass is 10.8. The van der Waals surface area contributed by atoms with Crippen molar-refractivity contribution in [3.63, 3.8) is 0 Å². The zero-order valence-corrected chi connectivity index (χ0v) is 3.70. The second-order valence-corrected chi connectivity index (χ2v) is 0.408. The zero-order valence-electron chi connectivity index (χ0n) is 3.70. The van der Waals surface area contributed by atoms with Crippen LogP contribution in [0.4, 0.5) is 0 Å². The van der Waals surface area contributed by atoms with E-state index in [1.165, 1.54) is 0 Å². The van der Waals surface area contributed by atoms with Crippen LogP contribution in [0.3, 0.4) is 0 Å². The molecule has 0 nitrogen and oxygen atoms in total. The first kappa shape index (κ1) is 51.1. The highest BCUT2D eigenvalue weighted by Crippen LogP contribution is 1.38. The molecular weight excluding hydrogens is 96.1 g/mol. The fourth-order valence-electron chi connectivity index (χ4n) is 0. The van der Waals surface area contributed by atoms with Crippen molar-refractivity contribution in [2.75, 3.05) is 0 Å². The van der Waals surface area contributed by atoms with E-state index < -0.39 is 0 Å². The lowest BCUT2D eigenvalue weighted by Crippen LogP contribution is -1.07. The van der Waals surface area contributed by atoms with Crippen molar-refractivity contribution >= 4 is 0 Å². The standard InChI is InChI=1S/C3H6.C2H4.3CH4/c1-3-2;1-2;;;/h3H,1H2,2H3;1-2H2;3*1H4. The Morgan fingerprint density at radius 3 is 1.00 bits per heavy atom. The van der Waals surface area contributed by atoms with E-state index in [4.69, 9.17) is 0 Å². The summed E-state index contributed by atoms with van der Waals surface area (Å²) in [5, 5.41) is 0. The van der Waals surface area contributed by atoms with E-state index in [1.807, 2.05) is 6.92 Å². The summed E-state index contributed by atoms with van der Waals surface area (Å²) in [7, 11) is 0. The molecule has 8 heavy (non-hydrogen) atoms. The molecule has 0 aromatic rings. The average Bonchev–Trinajstić information content (AvgIpc) is 1.46. The normalized spacial score (nSPS) is 2.12. The van der Waals surface area contributed by atoms with Gasteiger partial charge >= 0.3 is 0 Å². The Morgan fingerprint density at radius 2 is 1.00 bits per heavy atom. The molecule has 0 heteroatoms. The third kappa shape index (κ3) is 407. The first-order valence-electron chi connectivity index (χ1n) is 1.49. The van der Waals surface area contributed by atoms with Crippen molar-refractivity contribution in [1.82, 2.24) is 0 Å². The fraction of sp³-hybridized carbons (Fsp3) is 0.500.